The van der Waals surface area contributed by atoms with Gasteiger partial charge in [0, 0.05) is 0 Å². The highest BCUT2D eigenvalue weighted by molar-refractivity contribution is 5.79. The van der Waals surface area contributed by atoms with Crippen LogP contribution in [0.25, 0.3) is 0 Å². The van der Waals surface area contributed by atoms with E-state index in [-0.39, 0.29) is 0 Å². The number of carbonyl (C=O) groups excluding carboxylic acids is 1. The Morgan fingerprint density at radius 2 is 1.64 bits per heavy atom. The van der Waals surface area contributed by atoms with Crippen molar-refractivity contribution in [2.24, 2.45) is 0 Å². The van der Waals surface area contributed by atoms with Crippen molar-refractivity contribution in [3.63, 3.8) is 0 Å². The van der Waals surface area contributed by atoms with Crippen LogP contribution in [0.2, 0.25) is 0 Å². The summed E-state index contributed by atoms with van der Waals surface area (Å²) in [6.45, 7) is 4.08. The molecule has 0 aromatic rings. The summed E-state index contributed by atoms with van der Waals surface area (Å²) in [5, 5.41) is 10.1. The summed E-state index contributed by atoms with van der Waals surface area (Å²) < 4.78 is 4.62. The Morgan fingerprint density at radius 3 is 1.93 bits per heavy atom. The Labute approximate surface area is 86.5 Å². The molecule has 0 atom stereocenters. The number of methoxy groups -OCH3 is 1. The minimum absolute atomic E-state index is 0.487. The highest BCUT2D eigenvalue weighted by Crippen LogP contribution is 2.22. The lowest BCUT2D eigenvalue weighted by Crippen LogP contribution is -2.39. The van der Waals surface area contributed by atoms with Crippen molar-refractivity contribution in [1.82, 2.24) is 0 Å². The van der Waals surface area contributed by atoms with Crippen LogP contribution in [0.3, 0.4) is 0 Å². The van der Waals surface area contributed by atoms with Crippen molar-refractivity contribution >= 4 is 5.97 Å². The maximum Gasteiger partial charge on any atom is 0.337 e. The number of unbranched alkanes of at least 4 members (excludes halogenated alkanes) is 2. The second-order valence-corrected chi connectivity index (χ2v) is 3.73. The quantitative estimate of drug-likeness (QED) is 0.644. The van der Waals surface area contributed by atoms with Crippen molar-refractivity contribution in [2.75, 3.05) is 7.11 Å². The molecular formula is C11H22O3. The maximum absolute atomic E-state index is 11.4. The zero-order valence-electron chi connectivity index (χ0n) is 9.51. The fourth-order valence-electron chi connectivity index (χ4n) is 1.46. The van der Waals surface area contributed by atoms with E-state index >= 15 is 0 Å². The summed E-state index contributed by atoms with van der Waals surface area (Å²) in [5.41, 5.74) is -1.25. The number of hydrogen-bond acceptors (Lipinski definition) is 3. The number of ether oxygens (including phenoxy) is 1. The lowest BCUT2D eigenvalue weighted by Gasteiger charge is -2.24. The Balaban J connectivity index is 4.24. The number of carbonyl (C=O) groups is 1. The lowest BCUT2D eigenvalue weighted by atomic mass is 9.91. The van der Waals surface area contributed by atoms with Crippen molar-refractivity contribution in [1.29, 1.82) is 0 Å². The molecule has 0 saturated carbocycles. The molecule has 0 bridgehead atoms. The van der Waals surface area contributed by atoms with E-state index in [0.717, 1.165) is 25.7 Å². The zero-order valence-corrected chi connectivity index (χ0v) is 9.51. The predicted octanol–water partition coefficient (Wildman–Crippen LogP) is 2.27. The molecule has 84 valence electrons. The molecule has 0 fully saturated rings. The van der Waals surface area contributed by atoms with Gasteiger partial charge >= 0.3 is 5.97 Å². The third-order valence-electron chi connectivity index (χ3n) is 2.45. The van der Waals surface area contributed by atoms with Crippen LogP contribution in [0.5, 0.6) is 0 Å². The van der Waals surface area contributed by atoms with Gasteiger partial charge in [0.25, 0.3) is 0 Å². The summed E-state index contributed by atoms with van der Waals surface area (Å²) >= 11 is 0. The summed E-state index contributed by atoms with van der Waals surface area (Å²) in [6, 6.07) is 0. The van der Waals surface area contributed by atoms with Crippen molar-refractivity contribution < 1.29 is 14.6 Å². The highest BCUT2D eigenvalue weighted by Gasteiger charge is 2.35. The fourth-order valence-corrected chi connectivity index (χ4v) is 1.46. The van der Waals surface area contributed by atoms with Gasteiger partial charge in [-0.05, 0) is 12.8 Å². The van der Waals surface area contributed by atoms with Crippen molar-refractivity contribution in [3.8, 4) is 0 Å². The normalized spacial score (nSPS) is 11.4. The third kappa shape index (κ3) is 4.09. The number of aliphatic hydroxyl groups is 1. The first kappa shape index (κ1) is 13.4. The summed E-state index contributed by atoms with van der Waals surface area (Å²) in [4.78, 5) is 11.4. The van der Waals surface area contributed by atoms with Gasteiger partial charge in [0.2, 0.25) is 0 Å². The summed E-state index contributed by atoms with van der Waals surface area (Å²) in [7, 11) is 1.32. The first-order valence-electron chi connectivity index (χ1n) is 5.41. The zero-order chi connectivity index (χ0) is 11.0. The molecule has 3 heteroatoms. The highest BCUT2D eigenvalue weighted by atomic mass is 16.5. The van der Waals surface area contributed by atoms with Crippen LogP contribution in [0.1, 0.15) is 52.4 Å². The molecule has 0 aromatic heterocycles. The lowest BCUT2D eigenvalue weighted by molar-refractivity contribution is -0.164. The van der Waals surface area contributed by atoms with Crippen LogP contribution in [0.4, 0.5) is 0 Å². The third-order valence-corrected chi connectivity index (χ3v) is 2.45. The molecule has 3 nitrogen and oxygen atoms in total. The van der Waals surface area contributed by atoms with Gasteiger partial charge in [0.15, 0.2) is 5.60 Å². The molecular weight excluding hydrogens is 180 g/mol. The molecule has 0 heterocycles. The van der Waals surface area contributed by atoms with Crippen LogP contribution in [-0.4, -0.2) is 23.8 Å². The molecule has 0 amide bonds. The van der Waals surface area contributed by atoms with E-state index in [2.05, 4.69) is 4.74 Å². The molecule has 0 spiro atoms. The first-order valence-corrected chi connectivity index (χ1v) is 5.41. The van der Waals surface area contributed by atoms with E-state index in [1.165, 1.54) is 7.11 Å². The van der Waals surface area contributed by atoms with E-state index in [4.69, 9.17) is 0 Å². The van der Waals surface area contributed by atoms with E-state index in [1.807, 2.05) is 13.8 Å². The maximum atomic E-state index is 11.4. The van der Waals surface area contributed by atoms with Gasteiger partial charge in [-0.1, -0.05) is 39.5 Å². The largest absolute Gasteiger partial charge is 0.467 e. The number of esters is 1. The van der Waals surface area contributed by atoms with Gasteiger partial charge in [-0.2, -0.15) is 0 Å². The molecule has 0 rings (SSSR count). The van der Waals surface area contributed by atoms with E-state index in [9.17, 15) is 9.90 Å². The summed E-state index contributed by atoms with van der Waals surface area (Å²) in [6.07, 6.45) is 4.69. The van der Waals surface area contributed by atoms with Crippen LogP contribution in [0, 0.1) is 0 Å². The predicted molar refractivity (Wildman–Crippen MR) is 56.0 cm³/mol. The van der Waals surface area contributed by atoms with Crippen molar-refractivity contribution in [2.45, 2.75) is 58.0 Å². The number of hydrogen-bond donors (Lipinski definition) is 1. The monoisotopic (exact) mass is 202 g/mol. The number of rotatable bonds is 7. The molecule has 0 aliphatic carbocycles. The standard InChI is InChI=1S/C11H22O3/c1-4-6-8-11(13,9-7-5-2)10(12)14-3/h13H,4-9H2,1-3H3. The first-order chi connectivity index (χ1) is 6.60. The SMILES string of the molecule is CCCCC(O)(CCCC)C(=O)OC. The van der Waals surface area contributed by atoms with Gasteiger partial charge in [0.1, 0.15) is 0 Å². The Hall–Kier alpha value is -0.570. The van der Waals surface area contributed by atoms with E-state index in [1.54, 1.807) is 0 Å². The molecule has 0 saturated heterocycles. The second kappa shape index (κ2) is 6.82. The van der Waals surface area contributed by atoms with Gasteiger partial charge in [-0.15, -0.1) is 0 Å². The topological polar surface area (TPSA) is 46.5 Å². The molecule has 0 unspecified atom stereocenters. The van der Waals surface area contributed by atoms with Crippen LogP contribution < -0.4 is 0 Å². The van der Waals surface area contributed by atoms with Gasteiger partial charge < -0.3 is 9.84 Å². The van der Waals surface area contributed by atoms with Gasteiger partial charge in [-0.3, -0.25) is 0 Å². The Kier molecular flexibility index (Phi) is 6.54. The average molecular weight is 202 g/mol. The Morgan fingerprint density at radius 1 is 1.21 bits per heavy atom. The van der Waals surface area contributed by atoms with Crippen LogP contribution >= 0.6 is 0 Å². The van der Waals surface area contributed by atoms with Crippen molar-refractivity contribution in [3.05, 3.63) is 0 Å². The molecule has 0 radical (unpaired) electrons. The molecule has 14 heavy (non-hydrogen) atoms. The average Bonchev–Trinajstić information content (AvgIpc) is 2.22. The van der Waals surface area contributed by atoms with Gasteiger partial charge in [0.05, 0.1) is 7.11 Å². The van der Waals surface area contributed by atoms with E-state index in [0.29, 0.717) is 12.8 Å². The molecule has 0 aliphatic heterocycles. The minimum atomic E-state index is -1.25. The Bertz CT molecular complexity index is 158. The van der Waals surface area contributed by atoms with E-state index < -0.39 is 11.6 Å². The second-order valence-electron chi connectivity index (χ2n) is 3.73. The molecule has 0 aromatic carbocycles. The fraction of sp³-hybridized carbons (Fsp3) is 0.909. The summed E-state index contributed by atoms with van der Waals surface area (Å²) in [5.74, 6) is -0.487. The smallest absolute Gasteiger partial charge is 0.337 e. The van der Waals surface area contributed by atoms with Crippen LogP contribution in [-0.2, 0) is 9.53 Å². The molecule has 0 aliphatic rings. The molecule has 1 N–H and O–H groups in total. The minimum Gasteiger partial charge on any atom is -0.467 e. The van der Waals surface area contributed by atoms with Crippen LogP contribution in [0.15, 0.2) is 0 Å². The van der Waals surface area contributed by atoms with Gasteiger partial charge in [-0.25, -0.2) is 4.79 Å².